The number of alkyl halides is 4. The fourth-order valence-electron chi connectivity index (χ4n) is 0.710. The van der Waals surface area contributed by atoms with Gasteiger partial charge in [0.2, 0.25) is 12.9 Å². The van der Waals surface area contributed by atoms with E-state index in [4.69, 9.17) is 10.8 Å². The van der Waals surface area contributed by atoms with Gasteiger partial charge in [-0.2, -0.15) is 0 Å². The molecule has 0 saturated heterocycles. The average molecular weight is 203 g/mol. The standard InChI is InChI=1S/C6H9F4NO2/c7-4(8)2(5(9)10)1-3(11)6(12)13/h2-5H,1,11H2,(H,12,13)/t3-/m0/s1. The number of hydrogen-bond acceptors (Lipinski definition) is 2. The summed E-state index contributed by atoms with van der Waals surface area (Å²) in [5.74, 6) is -3.84. The second-order valence-corrected chi connectivity index (χ2v) is 2.51. The van der Waals surface area contributed by atoms with E-state index in [1.54, 1.807) is 0 Å². The molecule has 0 aliphatic heterocycles. The zero-order valence-corrected chi connectivity index (χ0v) is 6.46. The number of carbonyl (C=O) groups is 1. The molecule has 0 aromatic heterocycles. The lowest BCUT2D eigenvalue weighted by atomic mass is 10.0. The Bertz CT molecular complexity index is 168. The first-order valence-corrected chi connectivity index (χ1v) is 3.41. The molecule has 0 bridgehead atoms. The molecule has 0 spiro atoms. The van der Waals surface area contributed by atoms with Crippen molar-refractivity contribution in [1.29, 1.82) is 0 Å². The molecule has 0 aliphatic carbocycles. The van der Waals surface area contributed by atoms with Crippen molar-refractivity contribution in [2.45, 2.75) is 25.3 Å². The van der Waals surface area contributed by atoms with Crippen molar-refractivity contribution in [3.8, 4) is 0 Å². The van der Waals surface area contributed by atoms with Gasteiger partial charge in [0.15, 0.2) is 0 Å². The Balaban J connectivity index is 4.18. The summed E-state index contributed by atoms with van der Waals surface area (Å²) >= 11 is 0. The molecule has 0 amide bonds. The summed E-state index contributed by atoms with van der Waals surface area (Å²) in [7, 11) is 0. The molecule has 7 heteroatoms. The van der Waals surface area contributed by atoms with Crippen molar-refractivity contribution in [3.05, 3.63) is 0 Å². The lowest BCUT2D eigenvalue weighted by molar-refractivity contribution is -0.139. The maximum absolute atomic E-state index is 11.8. The van der Waals surface area contributed by atoms with E-state index in [1.807, 2.05) is 0 Å². The molecule has 0 aliphatic rings. The van der Waals surface area contributed by atoms with Crippen LogP contribution in [0, 0.1) is 5.92 Å². The predicted molar refractivity (Wildman–Crippen MR) is 35.7 cm³/mol. The largest absolute Gasteiger partial charge is 0.480 e. The lowest BCUT2D eigenvalue weighted by Gasteiger charge is -2.16. The highest BCUT2D eigenvalue weighted by Gasteiger charge is 2.33. The van der Waals surface area contributed by atoms with Crippen LogP contribution in [-0.2, 0) is 4.79 Å². The molecule has 0 aromatic carbocycles. The smallest absolute Gasteiger partial charge is 0.320 e. The number of rotatable bonds is 5. The summed E-state index contributed by atoms with van der Waals surface area (Å²) < 4.78 is 47.4. The molecular weight excluding hydrogens is 194 g/mol. The molecule has 0 aromatic rings. The minimum absolute atomic E-state index is 0.926. The molecule has 13 heavy (non-hydrogen) atoms. The highest BCUT2D eigenvalue weighted by atomic mass is 19.3. The van der Waals surface area contributed by atoms with Gasteiger partial charge < -0.3 is 10.8 Å². The quantitative estimate of drug-likeness (QED) is 0.653. The van der Waals surface area contributed by atoms with E-state index < -0.39 is 37.2 Å². The Hall–Kier alpha value is -0.850. The van der Waals surface area contributed by atoms with E-state index >= 15 is 0 Å². The minimum atomic E-state index is -3.26. The van der Waals surface area contributed by atoms with E-state index in [9.17, 15) is 22.4 Å². The van der Waals surface area contributed by atoms with Crippen LogP contribution in [0.2, 0.25) is 0 Å². The van der Waals surface area contributed by atoms with Crippen LogP contribution in [-0.4, -0.2) is 30.0 Å². The first kappa shape index (κ1) is 12.2. The van der Waals surface area contributed by atoms with Crippen molar-refractivity contribution >= 4 is 5.97 Å². The van der Waals surface area contributed by atoms with Gasteiger partial charge in [-0.05, 0) is 6.42 Å². The van der Waals surface area contributed by atoms with E-state index in [1.165, 1.54) is 0 Å². The average Bonchev–Trinajstić information content (AvgIpc) is 1.97. The van der Waals surface area contributed by atoms with Gasteiger partial charge in [0, 0.05) is 0 Å². The Morgan fingerprint density at radius 1 is 1.23 bits per heavy atom. The van der Waals surface area contributed by atoms with E-state index in [0.29, 0.717) is 0 Å². The van der Waals surface area contributed by atoms with Gasteiger partial charge in [-0.1, -0.05) is 0 Å². The van der Waals surface area contributed by atoms with Crippen LogP contribution < -0.4 is 5.73 Å². The SMILES string of the molecule is N[C@@H](CC(C(F)F)C(F)F)C(=O)O. The zero-order chi connectivity index (χ0) is 10.6. The minimum Gasteiger partial charge on any atom is -0.480 e. The molecule has 78 valence electrons. The Morgan fingerprint density at radius 2 is 1.62 bits per heavy atom. The predicted octanol–water partition coefficient (Wildman–Crippen LogP) is 0.935. The van der Waals surface area contributed by atoms with E-state index in [0.717, 1.165) is 0 Å². The molecule has 0 radical (unpaired) electrons. The third-order valence-electron chi connectivity index (χ3n) is 1.49. The van der Waals surface area contributed by atoms with Gasteiger partial charge in [-0.25, -0.2) is 17.6 Å². The normalized spacial score (nSPS) is 14.2. The maximum Gasteiger partial charge on any atom is 0.320 e. The topological polar surface area (TPSA) is 63.3 Å². The Kier molecular flexibility index (Phi) is 4.68. The fraction of sp³-hybridized carbons (Fsp3) is 0.833. The summed E-state index contributed by atoms with van der Waals surface area (Å²) in [5.41, 5.74) is 4.83. The molecule has 1 atom stereocenters. The number of carboxylic acid groups (broad SMARTS) is 1. The summed E-state index contributed by atoms with van der Waals surface area (Å²) in [6, 6.07) is -1.67. The molecule has 0 fully saturated rings. The summed E-state index contributed by atoms with van der Waals surface area (Å²) in [4.78, 5) is 10.1. The maximum atomic E-state index is 11.8. The number of carboxylic acids is 1. The van der Waals surface area contributed by atoms with Crippen molar-refractivity contribution in [3.63, 3.8) is 0 Å². The summed E-state index contributed by atoms with van der Waals surface area (Å²) in [5, 5.41) is 8.18. The van der Waals surface area contributed by atoms with Crippen molar-refractivity contribution in [2.75, 3.05) is 0 Å². The van der Waals surface area contributed by atoms with Crippen LogP contribution in [0.15, 0.2) is 0 Å². The monoisotopic (exact) mass is 203 g/mol. The number of hydrogen-bond donors (Lipinski definition) is 2. The van der Waals surface area contributed by atoms with Crippen LogP contribution in [0.3, 0.4) is 0 Å². The highest BCUT2D eigenvalue weighted by Crippen LogP contribution is 2.22. The number of halogens is 4. The van der Waals surface area contributed by atoms with Crippen LogP contribution in [0.4, 0.5) is 17.6 Å². The van der Waals surface area contributed by atoms with E-state index in [-0.39, 0.29) is 0 Å². The second-order valence-electron chi connectivity index (χ2n) is 2.51. The first-order valence-electron chi connectivity index (χ1n) is 3.41. The molecule has 0 saturated carbocycles. The molecular formula is C6H9F4NO2. The molecule has 0 heterocycles. The van der Waals surface area contributed by atoms with Gasteiger partial charge in [0.25, 0.3) is 0 Å². The number of aliphatic carboxylic acids is 1. The fourth-order valence-corrected chi connectivity index (χ4v) is 0.710. The second kappa shape index (κ2) is 5.00. The molecule has 3 N–H and O–H groups in total. The molecule has 0 unspecified atom stereocenters. The molecule has 3 nitrogen and oxygen atoms in total. The van der Waals surface area contributed by atoms with Crippen molar-refractivity contribution < 1.29 is 27.5 Å². The van der Waals surface area contributed by atoms with Gasteiger partial charge in [0.1, 0.15) is 6.04 Å². The number of nitrogens with two attached hydrogens (primary N) is 1. The van der Waals surface area contributed by atoms with Crippen LogP contribution in [0.25, 0.3) is 0 Å². The summed E-state index contributed by atoms with van der Waals surface area (Å²) in [6.07, 6.45) is -7.44. The van der Waals surface area contributed by atoms with Gasteiger partial charge in [-0.3, -0.25) is 4.79 Å². The first-order chi connectivity index (χ1) is 5.86. The zero-order valence-electron chi connectivity index (χ0n) is 6.46. The summed E-state index contributed by atoms with van der Waals surface area (Å²) in [6.45, 7) is 0. The van der Waals surface area contributed by atoms with Gasteiger partial charge >= 0.3 is 5.97 Å². The van der Waals surface area contributed by atoms with E-state index in [2.05, 4.69) is 0 Å². The highest BCUT2D eigenvalue weighted by molar-refractivity contribution is 5.73. The van der Waals surface area contributed by atoms with Crippen LogP contribution in [0.5, 0.6) is 0 Å². The Morgan fingerprint density at radius 3 is 1.85 bits per heavy atom. The lowest BCUT2D eigenvalue weighted by Crippen LogP contribution is -2.36. The third kappa shape index (κ3) is 4.07. The van der Waals surface area contributed by atoms with Crippen LogP contribution >= 0.6 is 0 Å². The third-order valence-corrected chi connectivity index (χ3v) is 1.49. The van der Waals surface area contributed by atoms with Gasteiger partial charge in [-0.15, -0.1) is 0 Å². The molecule has 0 rings (SSSR count). The van der Waals surface area contributed by atoms with Gasteiger partial charge in [0.05, 0.1) is 5.92 Å². The Labute approximate surface area is 71.5 Å². The van der Waals surface area contributed by atoms with Crippen LogP contribution in [0.1, 0.15) is 6.42 Å². The van der Waals surface area contributed by atoms with Crippen molar-refractivity contribution in [2.24, 2.45) is 11.7 Å². The van der Waals surface area contributed by atoms with Crippen molar-refractivity contribution in [1.82, 2.24) is 0 Å².